The van der Waals surface area contributed by atoms with Gasteiger partial charge in [-0.25, -0.2) is 8.42 Å². The number of halogens is 2. The molecule has 2 aromatic carbocycles. The minimum atomic E-state index is -3.81. The molecule has 6 nitrogen and oxygen atoms in total. The molecule has 3 rings (SSSR count). The van der Waals surface area contributed by atoms with E-state index in [1.807, 2.05) is 0 Å². The Morgan fingerprint density at radius 3 is 2.56 bits per heavy atom. The minimum Gasteiger partial charge on any atom is -0.497 e. The molecule has 0 saturated carbocycles. The van der Waals surface area contributed by atoms with Crippen molar-refractivity contribution in [2.75, 3.05) is 19.0 Å². The molecular weight excluding hydrogens is 411 g/mol. The second-order valence-electron chi connectivity index (χ2n) is 6.06. The van der Waals surface area contributed by atoms with Crippen molar-refractivity contribution in [3.05, 3.63) is 52.5 Å². The van der Waals surface area contributed by atoms with Crippen LogP contribution in [0.1, 0.15) is 12.8 Å². The molecule has 1 N–H and O–H groups in total. The highest BCUT2D eigenvalue weighted by molar-refractivity contribution is 7.89. The second-order valence-corrected chi connectivity index (χ2v) is 8.80. The lowest BCUT2D eigenvalue weighted by Crippen LogP contribution is -2.43. The van der Waals surface area contributed by atoms with E-state index in [2.05, 4.69) is 5.32 Å². The summed E-state index contributed by atoms with van der Waals surface area (Å²) in [5.74, 6) is 0.119. The van der Waals surface area contributed by atoms with Crippen molar-refractivity contribution in [2.24, 2.45) is 0 Å². The van der Waals surface area contributed by atoms with Gasteiger partial charge in [0.2, 0.25) is 15.9 Å². The van der Waals surface area contributed by atoms with Crippen LogP contribution in [0, 0.1) is 0 Å². The summed E-state index contributed by atoms with van der Waals surface area (Å²) in [4.78, 5) is 12.8. The lowest BCUT2D eigenvalue weighted by molar-refractivity contribution is -0.119. The fourth-order valence-corrected chi connectivity index (χ4v) is 4.98. The number of methoxy groups -OCH3 is 1. The van der Waals surface area contributed by atoms with Crippen LogP contribution in [0.3, 0.4) is 0 Å². The molecule has 0 aliphatic carbocycles. The van der Waals surface area contributed by atoms with Crippen LogP contribution in [0.25, 0.3) is 0 Å². The highest BCUT2D eigenvalue weighted by atomic mass is 35.5. The molecule has 1 amide bonds. The van der Waals surface area contributed by atoms with Gasteiger partial charge in [-0.15, -0.1) is 0 Å². The standard InChI is InChI=1S/C18H18Cl2N2O4S/c1-26-13-5-7-14(8-6-13)27(24,25)22-10-2-3-17(22)18(23)21-16-11-12(19)4-9-15(16)20/h4-9,11,17H,2-3,10H2,1H3,(H,21,23)/t17-/m1/s1. The van der Waals surface area contributed by atoms with Crippen LogP contribution in [0.15, 0.2) is 47.4 Å². The average molecular weight is 429 g/mol. The quantitative estimate of drug-likeness (QED) is 0.785. The summed E-state index contributed by atoms with van der Waals surface area (Å²) < 4.78 is 32.2. The maximum Gasteiger partial charge on any atom is 0.243 e. The van der Waals surface area contributed by atoms with Crippen LogP contribution in [-0.2, 0) is 14.8 Å². The average Bonchev–Trinajstić information content (AvgIpc) is 3.15. The van der Waals surface area contributed by atoms with Crippen molar-refractivity contribution in [3.8, 4) is 5.75 Å². The Morgan fingerprint density at radius 2 is 1.89 bits per heavy atom. The molecule has 2 aromatic rings. The van der Waals surface area contributed by atoms with Gasteiger partial charge in [0.05, 0.1) is 22.7 Å². The number of anilines is 1. The summed E-state index contributed by atoms with van der Waals surface area (Å²) in [7, 11) is -2.31. The number of carbonyl (C=O) groups is 1. The number of amides is 1. The third-order valence-corrected chi connectivity index (χ3v) is 6.85. The minimum absolute atomic E-state index is 0.115. The molecular formula is C18H18Cl2N2O4S. The summed E-state index contributed by atoms with van der Waals surface area (Å²) in [5, 5.41) is 3.43. The molecule has 1 aliphatic rings. The predicted molar refractivity (Wildman–Crippen MR) is 105 cm³/mol. The highest BCUT2D eigenvalue weighted by Gasteiger charge is 2.39. The molecule has 0 radical (unpaired) electrons. The topological polar surface area (TPSA) is 75.7 Å². The number of benzene rings is 2. The van der Waals surface area contributed by atoms with Crippen molar-refractivity contribution >= 4 is 44.8 Å². The molecule has 0 spiro atoms. The normalized spacial score (nSPS) is 17.7. The van der Waals surface area contributed by atoms with Gasteiger partial charge in [-0.1, -0.05) is 23.2 Å². The van der Waals surface area contributed by atoms with E-state index in [4.69, 9.17) is 27.9 Å². The Labute approximate surface area is 168 Å². The summed E-state index contributed by atoms with van der Waals surface area (Å²) in [6.07, 6.45) is 1.02. The van der Waals surface area contributed by atoms with E-state index < -0.39 is 22.0 Å². The molecule has 1 aliphatic heterocycles. The second kappa shape index (κ2) is 8.06. The molecule has 1 saturated heterocycles. The third-order valence-electron chi connectivity index (χ3n) is 4.36. The number of carbonyl (C=O) groups excluding carboxylic acids is 1. The van der Waals surface area contributed by atoms with E-state index in [0.29, 0.717) is 34.3 Å². The number of nitrogens with zero attached hydrogens (tertiary/aromatic N) is 1. The van der Waals surface area contributed by atoms with Gasteiger partial charge in [0.1, 0.15) is 11.8 Å². The molecule has 0 bridgehead atoms. The van der Waals surface area contributed by atoms with Gasteiger partial charge < -0.3 is 10.1 Å². The SMILES string of the molecule is COc1ccc(S(=O)(=O)N2CCC[C@@H]2C(=O)Nc2cc(Cl)ccc2Cl)cc1. The summed E-state index contributed by atoms with van der Waals surface area (Å²) in [6.45, 7) is 0.274. The Hall–Kier alpha value is -1.80. The Kier molecular flexibility index (Phi) is 5.95. The number of hydrogen-bond donors (Lipinski definition) is 1. The number of hydrogen-bond acceptors (Lipinski definition) is 4. The monoisotopic (exact) mass is 428 g/mol. The first-order valence-electron chi connectivity index (χ1n) is 8.25. The zero-order valence-electron chi connectivity index (χ0n) is 14.5. The van der Waals surface area contributed by atoms with Gasteiger partial charge in [-0.3, -0.25) is 4.79 Å². The molecule has 144 valence electrons. The Balaban J connectivity index is 1.83. The van der Waals surface area contributed by atoms with Gasteiger partial charge in [0.25, 0.3) is 0 Å². The van der Waals surface area contributed by atoms with Crippen LogP contribution < -0.4 is 10.1 Å². The predicted octanol–water partition coefficient (Wildman–Crippen LogP) is 3.79. The lowest BCUT2D eigenvalue weighted by atomic mass is 10.2. The fourth-order valence-electron chi connectivity index (χ4n) is 2.98. The highest BCUT2D eigenvalue weighted by Crippen LogP contribution is 2.30. The van der Waals surface area contributed by atoms with E-state index in [1.165, 1.54) is 29.6 Å². The van der Waals surface area contributed by atoms with Crippen LogP contribution in [-0.4, -0.2) is 38.3 Å². The maximum absolute atomic E-state index is 13.0. The fraction of sp³-hybridized carbons (Fsp3) is 0.278. The zero-order valence-corrected chi connectivity index (χ0v) is 16.8. The van der Waals surface area contributed by atoms with Crippen molar-refractivity contribution in [1.82, 2.24) is 4.31 Å². The summed E-state index contributed by atoms with van der Waals surface area (Å²) >= 11 is 12.0. The molecule has 9 heteroatoms. The van der Waals surface area contributed by atoms with Crippen molar-refractivity contribution in [1.29, 1.82) is 0 Å². The molecule has 1 fully saturated rings. The van der Waals surface area contributed by atoms with Crippen LogP contribution >= 0.6 is 23.2 Å². The third kappa shape index (κ3) is 4.21. The van der Waals surface area contributed by atoms with E-state index in [0.717, 1.165) is 0 Å². The first-order valence-corrected chi connectivity index (χ1v) is 10.4. The van der Waals surface area contributed by atoms with E-state index in [9.17, 15) is 13.2 Å². The van der Waals surface area contributed by atoms with E-state index in [1.54, 1.807) is 24.3 Å². The molecule has 27 heavy (non-hydrogen) atoms. The summed E-state index contributed by atoms with van der Waals surface area (Å²) in [5.41, 5.74) is 0.350. The molecule has 1 atom stereocenters. The van der Waals surface area contributed by atoms with Crippen molar-refractivity contribution in [2.45, 2.75) is 23.8 Å². The van der Waals surface area contributed by atoms with Crippen molar-refractivity contribution in [3.63, 3.8) is 0 Å². The van der Waals surface area contributed by atoms with Gasteiger partial charge >= 0.3 is 0 Å². The smallest absolute Gasteiger partial charge is 0.243 e. The zero-order chi connectivity index (χ0) is 19.6. The van der Waals surface area contributed by atoms with Gasteiger partial charge in [0, 0.05) is 11.6 Å². The Bertz CT molecular complexity index is 948. The van der Waals surface area contributed by atoms with Crippen LogP contribution in [0.2, 0.25) is 10.0 Å². The number of nitrogens with one attached hydrogen (secondary N) is 1. The van der Waals surface area contributed by atoms with Crippen molar-refractivity contribution < 1.29 is 17.9 Å². The molecule has 0 aromatic heterocycles. The maximum atomic E-state index is 13.0. The number of sulfonamides is 1. The van der Waals surface area contributed by atoms with Gasteiger partial charge in [-0.2, -0.15) is 4.31 Å². The Morgan fingerprint density at radius 1 is 1.19 bits per heavy atom. The van der Waals surface area contributed by atoms with Gasteiger partial charge in [0.15, 0.2) is 0 Å². The van der Waals surface area contributed by atoms with E-state index >= 15 is 0 Å². The first-order chi connectivity index (χ1) is 12.8. The number of rotatable bonds is 5. The summed E-state index contributed by atoms with van der Waals surface area (Å²) in [6, 6.07) is 9.97. The lowest BCUT2D eigenvalue weighted by Gasteiger charge is -2.23. The van der Waals surface area contributed by atoms with Crippen LogP contribution in [0.4, 0.5) is 5.69 Å². The van der Waals surface area contributed by atoms with E-state index in [-0.39, 0.29) is 11.4 Å². The largest absolute Gasteiger partial charge is 0.497 e. The first kappa shape index (κ1) is 19.9. The van der Waals surface area contributed by atoms with Crippen LogP contribution in [0.5, 0.6) is 5.75 Å². The molecule has 0 unspecified atom stereocenters. The molecule has 1 heterocycles. The number of ether oxygens (including phenoxy) is 1. The van der Waals surface area contributed by atoms with Gasteiger partial charge in [-0.05, 0) is 55.3 Å².